The Bertz CT molecular complexity index is 301. The molecule has 2 N–H and O–H groups in total. The summed E-state index contributed by atoms with van der Waals surface area (Å²) >= 11 is 1.78. The number of ether oxygens (including phenoxy) is 1. The van der Waals surface area contributed by atoms with Gasteiger partial charge in [0.25, 0.3) is 0 Å². The first-order chi connectivity index (χ1) is 5.83. The molecule has 1 aliphatic heterocycles. The molecule has 0 saturated carbocycles. The van der Waals surface area contributed by atoms with Crippen molar-refractivity contribution in [3.05, 3.63) is 23.8 Å². The van der Waals surface area contributed by atoms with Crippen LogP contribution in [0.4, 0.5) is 0 Å². The van der Waals surface area contributed by atoms with Gasteiger partial charge in [-0.1, -0.05) is 12.1 Å². The third-order valence-electron chi connectivity index (χ3n) is 2.04. The van der Waals surface area contributed by atoms with E-state index < -0.39 is 0 Å². The highest BCUT2D eigenvalue weighted by Gasteiger charge is 2.22. The van der Waals surface area contributed by atoms with Crippen molar-refractivity contribution in [2.45, 2.75) is 10.9 Å². The van der Waals surface area contributed by atoms with Crippen LogP contribution in [0.5, 0.6) is 5.75 Å². The predicted molar refractivity (Wildman–Crippen MR) is 50.6 cm³/mol. The van der Waals surface area contributed by atoms with Crippen LogP contribution >= 0.6 is 11.8 Å². The molecule has 64 valence electrons. The average Bonchev–Trinajstić information content (AvgIpc) is 2.48. The van der Waals surface area contributed by atoms with E-state index in [0.717, 1.165) is 11.5 Å². The van der Waals surface area contributed by atoms with Gasteiger partial charge in [-0.25, -0.2) is 0 Å². The molecule has 0 saturated heterocycles. The van der Waals surface area contributed by atoms with Crippen molar-refractivity contribution in [2.24, 2.45) is 5.73 Å². The second-order valence-electron chi connectivity index (χ2n) is 2.80. The molecule has 1 atom stereocenters. The maximum absolute atomic E-state index is 5.89. The Morgan fingerprint density at radius 2 is 2.42 bits per heavy atom. The Hall–Kier alpha value is -0.670. The minimum Gasteiger partial charge on any atom is -0.496 e. The summed E-state index contributed by atoms with van der Waals surface area (Å²) in [6, 6.07) is 6.22. The van der Waals surface area contributed by atoms with Crippen molar-refractivity contribution < 1.29 is 4.74 Å². The van der Waals surface area contributed by atoms with Gasteiger partial charge < -0.3 is 10.5 Å². The summed E-state index contributed by atoms with van der Waals surface area (Å²) in [6.45, 7) is 0. The van der Waals surface area contributed by atoms with Gasteiger partial charge in [0, 0.05) is 11.8 Å². The van der Waals surface area contributed by atoms with Crippen molar-refractivity contribution in [3.63, 3.8) is 0 Å². The molecule has 1 aromatic carbocycles. The summed E-state index contributed by atoms with van der Waals surface area (Å²) in [7, 11) is 1.69. The van der Waals surface area contributed by atoms with Crippen LogP contribution in [0.2, 0.25) is 0 Å². The van der Waals surface area contributed by atoms with E-state index in [2.05, 4.69) is 6.07 Å². The summed E-state index contributed by atoms with van der Waals surface area (Å²) in [6.07, 6.45) is 0. The Labute approximate surface area is 76.1 Å². The van der Waals surface area contributed by atoms with Crippen LogP contribution in [0.15, 0.2) is 23.1 Å². The van der Waals surface area contributed by atoms with Gasteiger partial charge in [0.15, 0.2) is 0 Å². The van der Waals surface area contributed by atoms with Crippen LogP contribution < -0.4 is 10.5 Å². The van der Waals surface area contributed by atoms with E-state index in [1.807, 2.05) is 12.1 Å². The van der Waals surface area contributed by atoms with Crippen LogP contribution in [0, 0.1) is 0 Å². The fourth-order valence-electron chi connectivity index (χ4n) is 1.40. The highest BCUT2D eigenvalue weighted by Crippen LogP contribution is 2.42. The summed E-state index contributed by atoms with van der Waals surface area (Å²) in [5.41, 5.74) is 7.12. The Morgan fingerprint density at radius 1 is 1.58 bits per heavy atom. The smallest absolute Gasteiger partial charge is 0.132 e. The van der Waals surface area contributed by atoms with Crippen LogP contribution in [0.3, 0.4) is 0 Å². The standard InChI is InChI=1S/C9H11NOS/c1-11-8-4-2-3-6-7(10)5-12-9(6)8/h2-4,7H,5,10H2,1H3. The number of hydrogen-bond donors (Lipinski definition) is 1. The Balaban J connectivity index is 2.50. The van der Waals surface area contributed by atoms with E-state index in [9.17, 15) is 0 Å². The zero-order valence-electron chi connectivity index (χ0n) is 6.91. The van der Waals surface area contributed by atoms with Crippen LogP contribution in [-0.2, 0) is 0 Å². The van der Waals surface area contributed by atoms with Gasteiger partial charge >= 0.3 is 0 Å². The first kappa shape index (κ1) is 7.95. The lowest BCUT2D eigenvalue weighted by atomic mass is 10.1. The minimum atomic E-state index is 0.181. The number of benzene rings is 1. The molecule has 0 radical (unpaired) electrons. The molecule has 0 aliphatic carbocycles. The summed E-state index contributed by atoms with van der Waals surface area (Å²) in [5, 5.41) is 0. The van der Waals surface area contributed by atoms with Gasteiger partial charge in [-0.05, 0) is 11.6 Å². The van der Waals surface area contributed by atoms with E-state index >= 15 is 0 Å². The first-order valence-corrected chi connectivity index (χ1v) is 4.87. The van der Waals surface area contributed by atoms with E-state index in [4.69, 9.17) is 10.5 Å². The lowest BCUT2D eigenvalue weighted by Crippen LogP contribution is -2.08. The van der Waals surface area contributed by atoms with Gasteiger partial charge in [-0.15, -0.1) is 11.8 Å². The van der Waals surface area contributed by atoms with Crippen molar-refractivity contribution in [2.75, 3.05) is 12.9 Å². The fourth-order valence-corrected chi connectivity index (χ4v) is 2.61. The molecular weight excluding hydrogens is 170 g/mol. The zero-order chi connectivity index (χ0) is 8.55. The molecular formula is C9H11NOS. The highest BCUT2D eigenvalue weighted by molar-refractivity contribution is 7.99. The van der Waals surface area contributed by atoms with E-state index in [1.54, 1.807) is 18.9 Å². The molecule has 1 heterocycles. The monoisotopic (exact) mass is 181 g/mol. The Kier molecular flexibility index (Phi) is 1.98. The number of hydrogen-bond acceptors (Lipinski definition) is 3. The molecule has 1 unspecified atom stereocenters. The van der Waals surface area contributed by atoms with Gasteiger partial charge in [0.1, 0.15) is 5.75 Å². The molecule has 3 heteroatoms. The summed E-state index contributed by atoms with van der Waals surface area (Å²) in [5.74, 6) is 1.92. The molecule has 0 amide bonds. The summed E-state index contributed by atoms with van der Waals surface area (Å²) in [4.78, 5) is 1.22. The number of fused-ring (bicyclic) bond motifs is 1. The largest absolute Gasteiger partial charge is 0.496 e. The van der Waals surface area contributed by atoms with Crippen LogP contribution in [0.25, 0.3) is 0 Å². The molecule has 0 fully saturated rings. The third-order valence-corrected chi connectivity index (χ3v) is 3.29. The van der Waals surface area contributed by atoms with Gasteiger partial charge in [0.05, 0.1) is 12.0 Å². The lowest BCUT2D eigenvalue weighted by molar-refractivity contribution is 0.404. The van der Waals surface area contributed by atoms with Gasteiger partial charge in [0.2, 0.25) is 0 Å². The summed E-state index contributed by atoms with van der Waals surface area (Å²) < 4.78 is 5.23. The molecule has 2 nitrogen and oxygen atoms in total. The van der Waals surface area contributed by atoms with E-state index in [0.29, 0.717) is 0 Å². The first-order valence-electron chi connectivity index (χ1n) is 3.88. The van der Waals surface area contributed by atoms with Crippen molar-refractivity contribution in [1.82, 2.24) is 0 Å². The second kappa shape index (κ2) is 2.99. The topological polar surface area (TPSA) is 35.2 Å². The Morgan fingerprint density at radius 3 is 3.17 bits per heavy atom. The maximum Gasteiger partial charge on any atom is 0.132 e. The van der Waals surface area contributed by atoms with Crippen LogP contribution in [-0.4, -0.2) is 12.9 Å². The van der Waals surface area contributed by atoms with Crippen LogP contribution in [0.1, 0.15) is 11.6 Å². The molecule has 1 aliphatic rings. The highest BCUT2D eigenvalue weighted by atomic mass is 32.2. The maximum atomic E-state index is 5.89. The third kappa shape index (κ3) is 1.09. The number of rotatable bonds is 1. The van der Waals surface area contributed by atoms with Crippen molar-refractivity contribution >= 4 is 11.8 Å². The number of thioether (sulfide) groups is 1. The SMILES string of the molecule is COc1cccc2c1SCC2N. The minimum absolute atomic E-state index is 0.181. The molecule has 0 bridgehead atoms. The molecule has 0 aromatic heterocycles. The molecule has 2 rings (SSSR count). The average molecular weight is 181 g/mol. The fraction of sp³-hybridized carbons (Fsp3) is 0.333. The van der Waals surface area contributed by atoms with Gasteiger partial charge in [-0.3, -0.25) is 0 Å². The van der Waals surface area contributed by atoms with Crippen molar-refractivity contribution in [3.8, 4) is 5.75 Å². The lowest BCUT2D eigenvalue weighted by Gasteiger charge is -2.06. The van der Waals surface area contributed by atoms with E-state index in [1.165, 1.54) is 10.5 Å². The second-order valence-corrected chi connectivity index (χ2v) is 3.83. The number of nitrogens with two attached hydrogens (primary N) is 1. The van der Waals surface area contributed by atoms with Gasteiger partial charge in [-0.2, -0.15) is 0 Å². The zero-order valence-corrected chi connectivity index (χ0v) is 7.73. The number of methoxy groups -OCH3 is 1. The van der Waals surface area contributed by atoms with Crippen molar-refractivity contribution in [1.29, 1.82) is 0 Å². The molecule has 0 spiro atoms. The van der Waals surface area contributed by atoms with E-state index in [-0.39, 0.29) is 6.04 Å². The molecule has 12 heavy (non-hydrogen) atoms. The quantitative estimate of drug-likeness (QED) is 0.717. The predicted octanol–water partition coefficient (Wildman–Crippen LogP) is 1.80. The normalized spacial score (nSPS) is 20.7. The molecule has 1 aromatic rings.